The number of nitrogens with one attached hydrogen (secondary N) is 1. The zero-order valence-electron chi connectivity index (χ0n) is 19.8. The van der Waals surface area contributed by atoms with Gasteiger partial charge in [-0.15, -0.1) is 0 Å². The minimum atomic E-state index is -1.05. The van der Waals surface area contributed by atoms with Crippen LogP contribution in [0, 0.1) is 16.5 Å². The van der Waals surface area contributed by atoms with Gasteiger partial charge in [0.2, 0.25) is 5.91 Å². The molecule has 4 aliphatic heterocycles. The molecule has 3 fully saturated rings. The maximum Gasteiger partial charge on any atom is 0.239 e. The molecule has 1 aromatic rings. The van der Waals surface area contributed by atoms with Crippen LogP contribution in [-0.2, 0) is 10.2 Å². The fourth-order valence-corrected chi connectivity index (χ4v) is 8.57. The normalized spacial score (nSPS) is 39.0. The molecule has 1 saturated carbocycles. The van der Waals surface area contributed by atoms with Gasteiger partial charge < -0.3 is 15.2 Å². The monoisotopic (exact) mass is 455 g/mol. The molecule has 2 saturated heterocycles. The molecule has 1 aliphatic carbocycles. The first-order valence-electron chi connectivity index (χ1n) is 12.1. The SMILES string of the molecule is CC1(C)CC(=O)c2c(O)ccc3c2N1C(=O)[C@]31C[C@@]2([NH+]([O-])O)CN3CCC[C@H]3C[C@@H]2C1(C)C. The summed E-state index contributed by atoms with van der Waals surface area (Å²) < 4.78 is 0. The first-order chi connectivity index (χ1) is 15.4. The third kappa shape index (κ3) is 2.26. The molecule has 0 radical (unpaired) electrons. The van der Waals surface area contributed by atoms with Crippen LogP contribution in [0.3, 0.4) is 0 Å². The van der Waals surface area contributed by atoms with Crippen LogP contribution in [0.4, 0.5) is 5.69 Å². The van der Waals surface area contributed by atoms with Gasteiger partial charge in [0.1, 0.15) is 11.3 Å². The van der Waals surface area contributed by atoms with E-state index in [0.29, 0.717) is 18.3 Å². The van der Waals surface area contributed by atoms with Gasteiger partial charge >= 0.3 is 0 Å². The van der Waals surface area contributed by atoms with E-state index in [1.54, 1.807) is 11.0 Å². The third-order valence-electron chi connectivity index (χ3n) is 10.0. The van der Waals surface area contributed by atoms with Crippen molar-refractivity contribution in [2.45, 2.75) is 82.3 Å². The number of carbonyl (C=O) groups excluding carboxylic acids is 2. The molecule has 5 aliphatic rings. The number of ketones is 1. The number of phenolic OH excluding ortho intramolecular Hbond substituents is 1. The highest BCUT2D eigenvalue weighted by Gasteiger charge is 2.77. The zero-order chi connectivity index (χ0) is 23.7. The van der Waals surface area contributed by atoms with Gasteiger partial charge in [0.05, 0.1) is 23.2 Å². The van der Waals surface area contributed by atoms with E-state index in [1.165, 1.54) is 6.07 Å². The minimum Gasteiger partial charge on any atom is -0.600 e. The number of Topliss-reactive ketones (excluding diaryl/α,β-unsaturated/α-hetero) is 1. The van der Waals surface area contributed by atoms with Crippen LogP contribution < -0.4 is 10.1 Å². The fraction of sp³-hybridized carbons (Fsp3) is 0.680. The van der Waals surface area contributed by atoms with Crippen LogP contribution in [-0.4, -0.2) is 57.1 Å². The quantitative estimate of drug-likeness (QED) is 0.557. The summed E-state index contributed by atoms with van der Waals surface area (Å²) in [7, 11) is 0. The van der Waals surface area contributed by atoms with Gasteiger partial charge in [-0.3, -0.25) is 14.5 Å². The maximum absolute atomic E-state index is 14.5. The fourth-order valence-electron chi connectivity index (χ4n) is 8.57. The van der Waals surface area contributed by atoms with Gasteiger partial charge in [-0.2, -0.15) is 0 Å². The number of rotatable bonds is 1. The molecule has 178 valence electrons. The molecule has 6 rings (SSSR count). The molecule has 33 heavy (non-hydrogen) atoms. The second-order valence-corrected chi connectivity index (χ2v) is 12.2. The number of hydrogen-bond acceptors (Lipinski definition) is 6. The predicted octanol–water partition coefficient (Wildman–Crippen LogP) is 1.77. The number of fused-ring (bicyclic) bond motifs is 3. The second kappa shape index (κ2) is 6.16. The van der Waals surface area contributed by atoms with Crippen LogP contribution in [0.2, 0.25) is 0 Å². The largest absolute Gasteiger partial charge is 0.600 e. The lowest BCUT2D eigenvalue weighted by Crippen LogP contribution is -3.16. The van der Waals surface area contributed by atoms with Gasteiger partial charge in [-0.05, 0) is 56.7 Å². The molecule has 1 aromatic carbocycles. The number of hydrogen-bond donors (Lipinski definition) is 3. The number of quaternary nitrogens is 1. The molecule has 5 atom stereocenters. The summed E-state index contributed by atoms with van der Waals surface area (Å²) in [5.41, 5.74) is -1.99. The number of amides is 1. The Hall–Kier alpha value is -2.00. The molecule has 1 unspecified atom stereocenters. The highest BCUT2D eigenvalue weighted by molar-refractivity contribution is 6.19. The number of hydroxylamine groups is 2. The number of phenols is 1. The first kappa shape index (κ1) is 21.5. The summed E-state index contributed by atoms with van der Waals surface area (Å²) in [6, 6.07) is 3.66. The Labute approximate surface area is 193 Å². The summed E-state index contributed by atoms with van der Waals surface area (Å²) in [6.07, 6.45) is 3.30. The second-order valence-electron chi connectivity index (χ2n) is 12.2. The van der Waals surface area contributed by atoms with Crippen molar-refractivity contribution in [2.75, 3.05) is 18.0 Å². The molecule has 0 aromatic heterocycles. The Morgan fingerprint density at radius 1 is 1.18 bits per heavy atom. The molecular formula is C25H33N3O5. The molecule has 3 N–H and O–H groups in total. The van der Waals surface area contributed by atoms with Crippen molar-refractivity contribution in [1.82, 2.24) is 4.90 Å². The van der Waals surface area contributed by atoms with Crippen molar-refractivity contribution in [3.8, 4) is 5.75 Å². The lowest BCUT2D eigenvalue weighted by molar-refractivity contribution is -1.09. The molecule has 1 amide bonds. The van der Waals surface area contributed by atoms with Crippen molar-refractivity contribution < 1.29 is 25.1 Å². The molecule has 1 spiro atoms. The number of benzene rings is 1. The number of aromatic hydroxyl groups is 1. The predicted molar refractivity (Wildman–Crippen MR) is 120 cm³/mol. The lowest BCUT2D eigenvalue weighted by atomic mass is 9.60. The van der Waals surface area contributed by atoms with Crippen LogP contribution >= 0.6 is 0 Å². The highest BCUT2D eigenvalue weighted by Crippen LogP contribution is 2.69. The zero-order valence-corrected chi connectivity index (χ0v) is 19.8. The van der Waals surface area contributed by atoms with E-state index < -0.39 is 27.1 Å². The van der Waals surface area contributed by atoms with Crippen molar-refractivity contribution in [3.63, 3.8) is 0 Å². The molecular weight excluding hydrogens is 422 g/mol. The van der Waals surface area contributed by atoms with Crippen LogP contribution in [0.1, 0.15) is 75.7 Å². The van der Waals surface area contributed by atoms with Crippen molar-refractivity contribution in [1.29, 1.82) is 0 Å². The van der Waals surface area contributed by atoms with Gasteiger partial charge in [-0.1, -0.05) is 19.9 Å². The number of piperidine rings is 1. The summed E-state index contributed by atoms with van der Waals surface area (Å²) >= 11 is 0. The van der Waals surface area contributed by atoms with E-state index in [4.69, 9.17) is 0 Å². The maximum atomic E-state index is 14.5. The summed E-state index contributed by atoms with van der Waals surface area (Å²) in [5.74, 6) is -0.541. The van der Waals surface area contributed by atoms with E-state index in [0.717, 1.165) is 31.4 Å². The van der Waals surface area contributed by atoms with Gasteiger partial charge in [0.15, 0.2) is 5.78 Å². The van der Waals surface area contributed by atoms with Crippen LogP contribution in [0.5, 0.6) is 5.75 Å². The average Bonchev–Trinajstić information content (AvgIpc) is 3.32. The van der Waals surface area contributed by atoms with E-state index in [2.05, 4.69) is 18.7 Å². The first-order valence-corrected chi connectivity index (χ1v) is 12.1. The van der Waals surface area contributed by atoms with Crippen molar-refractivity contribution in [2.24, 2.45) is 11.3 Å². The third-order valence-corrected chi connectivity index (χ3v) is 10.0. The Balaban J connectivity index is 1.62. The molecule has 0 bridgehead atoms. The van der Waals surface area contributed by atoms with Crippen LogP contribution in [0.25, 0.3) is 0 Å². The molecule has 4 heterocycles. The number of nitrogens with zero attached hydrogens (tertiary/aromatic N) is 2. The number of carbonyl (C=O) groups is 2. The van der Waals surface area contributed by atoms with Gasteiger partial charge in [0, 0.05) is 30.3 Å². The van der Waals surface area contributed by atoms with E-state index in [9.17, 15) is 25.1 Å². The molecule has 8 heteroatoms. The Bertz CT molecular complexity index is 1100. The van der Waals surface area contributed by atoms with Gasteiger partial charge in [-0.25, -0.2) is 10.4 Å². The average molecular weight is 456 g/mol. The Morgan fingerprint density at radius 3 is 2.61 bits per heavy atom. The van der Waals surface area contributed by atoms with E-state index in [-0.39, 0.29) is 41.8 Å². The van der Waals surface area contributed by atoms with Crippen LogP contribution in [0.15, 0.2) is 12.1 Å². The molecule has 8 nitrogen and oxygen atoms in total. The van der Waals surface area contributed by atoms with E-state index in [1.807, 2.05) is 13.8 Å². The summed E-state index contributed by atoms with van der Waals surface area (Å²) in [5, 5.41) is 33.5. The summed E-state index contributed by atoms with van der Waals surface area (Å²) in [4.78, 5) is 31.7. The van der Waals surface area contributed by atoms with E-state index >= 15 is 0 Å². The topological polar surface area (TPSA) is 109 Å². The van der Waals surface area contributed by atoms with Crippen molar-refractivity contribution in [3.05, 3.63) is 28.5 Å². The Kier molecular flexibility index (Phi) is 4.02. The summed E-state index contributed by atoms with van der Waals surface area (Å²) in [6.45, 7) is 9.29. The van der Waals surface area contributed by atoms with Crippen molar-refractivity contribution >= 4 is 17.4 Å². The number of anilines is 1. The standard InChI is InChI=1S/C25H33N3O5/c1-22(2)11-17(30)19-16(29)8-7-15-20(19)27(22)21(31)25(15)12-24(28(32)33)13-26-9-5-6-14(26)10-18(24)23(25,3)4/h7-8,14,18,28-29,32H,5-6,9-13H2,1-4H3/t14-,18+,24+,25-/m0/s1. The van der Waals surface area contributed by atoms with Gasteiger partial charge in [0.25, 0.3) is 0 Å². The lowest BCUT2D eigenvalue weighted by Gasteiger charge is -2.50. The Morgan fingerprint density at radius 2 is 1.91 bits per heavy atom. The smallest absolute Gasteiger partial charge is 0.239 e. The highest BCUT2D eigenvalue weighted by atomic mass is 16.8. The minimum absolute atomic E-state index is 0.106.